The molecule has 0 radical (unpaired) electrons. The van der Waals surface area contributed by atoms with Crippen molar-refractivity contribution in [3.63, 3.8) is 0 Å². The summed E-state index contributed by atoms with van der Waals surface area (Å²) in [6.45, 7) is 4.48. The van der Waals surface area contributed by atoms with Crippen molar-refractivity contribution in [2.24, 2.45) is 0 Å². The van der Waals surface area contributed by atoms with Crippen molar-refractivity contribution in [3.05, 3.63) is 35.9 Å². The molecule has 0 saturated carbocycles. The van der Waals surface area contributed by atoms with Crippen molar-refractivity contribution in [2.75, 3.05) is 20.2 Å². The highest BCUT2D eigenvalue weighted by Crippen LogP contribution is 2.21. The number of piperidine rings is 1. The molecule has 118 valence electrons. The molecule has 2 aromatic rings. The van der Waals surface area contributed by atoms with Gasteiger partial charge in [-0.05, 0) is 38.1 Å². The molecule has 1 aliphatic heterocycles. The summed E-state index contributed by atoms with van der Waals surface area (Å²) >= 11 is 0. The molecule has 1 unspecified atom stereocenters. The number of pyridine rings is 1. The number of ether oxygens (including phenoxy) is 1. The van der Waals surface area contributed by atoms with Crippen molar-refractivity contribution in [2.45, 2.75) is 38.6 Å². The first-order valence-electron chi connectivity index (χ1n) is 8.02. The quantitative estimate of drug-likeness (QED) is 0.814. The number of carbonyl (C=O) groups is 1. The second kappa shape index (κ2) is 6.48. The molecular weight excluding hydrogens is 278 g/mol. The van der Waals surface area contributed by atoms with Crippen molar-refractivity contribution >= 4 is 11.5 Å². The Hall–Kier alpha value is -1.88. The highest BCUT2D eigenvalue weighted by atomic mass is 16.5. The number of likely N-dealkylation sites (N-methyl/N-ethyl adjacent to an activating group) is 1. The minimum absolute atomic E-state index is 0.315. The number of rotatable bonds is 4. The number of likely N-dealkylation sites (tertiary alicyclic amines) is 1. The number of esters is 1. The summed E-state index contributed by atoms with van der Waals surface area (Å²) in [5.41, 5.74) is 1.39. The van der Waals surface area contributed by atoms with Gasteiger partial charge in [0.15, 0.2) is 0 Å². The lowest BCUT2D eigenvalue weighted by Crippen LogP contribution is -2.40. The van der Waals surface area contributed by atoms with Crippen LogP contribution in [0.5, 0.6) is 0 Å². The fraction of sp³-hybridized carbons (Fsp3) is 0.529. The zero-order valence-corrected chi connectivity index (χ0v) is 13.3. The maximum atomic E-state index is 11.9. The summed E-state index contributed by atoms with van der Waals surface area (Å²) < 4.78 is 6.87. The van der Waals surface area contributed by atoms with Gasteiger partial charge >= 0.3 is 5.97 Å². The van der Waals surface area contributed by atoms with E-state index in [4.69, 9.17) is 4.74 Å². The van der Waals surface area contributed by atoms with Gasteiger partial charge in [0.05, 0.1) is 24.4 Å². The number of imidazole rings is 1. The molecule has 2 aromatic heterocycles. The number of methoxy groups -OCH3 is 1. The minimum atomic E-state index is -0.315. The van der Waals surface area contributed by atoms with Crippen molar-refractivity contribution in [1.82, 2.24) is 14.3 Å². The first-order valence-corrected chi connectivity index (χ1v) is 8.02. The molecule has 0 aromatic carbocycles. The first-order chi connectivity index (χ1) is 10.7. The number of hydrogen-bond acceptors (Lipinski definition) is 4. The van der Waals surface area contributed by atoms with Crippen LogP contribution in [0.1, 0.15) is 42.4 Å². The third-order valence-corrected chi connectivity index (χ3v) is 4.63. The van der Waals surface area contributed by atoms with E-state index in [2.05, 4.69) is 16.8 Å². The van der Waals surface area contributed by atoms with Crippen molar-refractivity contribution in [3.8, 4) is 0 Å². The maximum Gasteiger partial charge on any atom is 0.340 e. The zero-order valence-electron chi connectivity index (χ0n) is 13.3. The Bertz CT molecular complexity index is 665. The van der Waals surface area contributed by atoms with Gasteiger partial charge in [-0.15, -0.1) is 0 Å². The zero-order chi connectivity index (χ0) is 15.5. The highest BCUT2D eigenvalue weighted by Gasteiger charge is 2.23. The van der Waals surface area contributed by atoms with E-state index in [9.17, 15) is 4.79 Å². The van der Waals surface area contributed by atoms with Crippen LogP contribution in [-0.4, -0.2) is 46.5 Å². The Labute approximate surface area is 130 Å². The van der Waals surface area contributed by atoms with E-state index >= 15 is 0 Å². The Morgan fingerprint density at radius 3 is 3.09 bits per heavy atom. The van der Waals surface area contributed by atoms with Crippen LogP contribution in [0.3, 0.4) is 0 Å². The molecule has 0 spiro atoms. The van der Waals surface area contributed by atoms with Crippen LogP contribution in [0.2, 0.25) is 0 Å². The largest absolute Gasteiger partial charge is 0.465 e. The van der Waals surface area contributed by atoms with E-state index < -0.39 is 0 Å². The van der Waals surface area contributed by atoms with Gasteiger partial charge in [0.1, 0.15) is 5.82 Å². The molecule has 3 rings (SSSR count). The van der Waals surface area contributed by atoms with E-state index in [1.54, 1.807) is 12.3 Å². The fourth-order valence-electron chi connectivity index (χ4n) is 3.43. The standard InChI is InChI=1S/C17H23N3O2/c1-3-19-9-5-4-7-13(19)11-16-18-12-15-14(17(21)22-2)8-6-10-20(15)16/h6,8,10,12-13H,3-5,7,9,11H2,1-2H3. The monoisotopic (exact) mass is 301 g/mol. The molecule has 1 fully saturated rings. The number of hydrogen-bond donors (Lipinski definition) is 0. The van der Waals surface area contributed by atoms with Crippen LogP contribution in [-0.2, 0) is 11.2 Å². The Balaban J connectivity index is 1.90. The van der Waals surface area contributed by atoms with Crippen molar-refractivity contribution < 1.29 is 9.53 Å². The number of aromatic nitrogens is 2. The predicted molar refractivity (Wildman–Crippen MR) is 85.1 cm³/mol. The van der Waals surface area contributed by atoms with Gasteiger partial charge in [-0.3, -0.25) is 0 Å². The van der Waals surface area contributed by atoms with Gasteiger partial charge in [-0.1, -0.05) is 13.3 Å². The van der Waals surface area contributed by atoms with Crippen molar-refractivity contribution in [1.29, 1.82) is 0 Å². The molecule has 0 bridgehead atoms. The molecule has 3 heterocycles. The lowest BCUT2D eigenvalue weighted by Gasteiger charge is -2.34. The van der Waals surface area contributed by atoms with Crippen LogP contribution >= 0.6 is 0 Å². The van der Waals surface area contributed by atoms with Gasteiger partial charge in [-0.2, -0.15) is 0 Å². The summed E-state index contributed by atoms with van der Waals surface area (Å²) in [5.74, 6) is 0.705. The first kappa shape index (κ1) is 15.0. The van der Waals surface area contributed by atoms with E-state index in [0.717, 1.165) is 24.3 Å². The Morgan fingerprint density at radius 1 is 1.45 bits per heavy atom. The topological polar surface area (TPSA) is 46.8 Å². The van der Waals surface area contributed by atoms with Crippen LogP contribution in [0.25, 0.3) is 5.52 Å². The maximum absolute atomic E-state index is 11.9. The molecule has 1 saturated heterocycles. The number of nitrogens with zero attached hydrogens (tertiary/aromatic N) is 3. The lowest BCUT2D eigenvalue weighted by atomic mass is 9.99. The van der Waals surface area contributed by atoms with Gasteiger partial charge in [0.25, 0.3) is 0 Å². The molecule has 0 amide bonds. The predicted octanol–water partition coefficient (Wildman–Crippen LogP) is 2.54. The smallest absolute Gasteiger partial charge is 0.340 e. The van der Waals surface area contributed by atoms with E-state index in [1.807, 2.05) is 16.7 Å². The average molecular weight is 301 g/mol. The molecule has 0 N–H and O–H groups in total. The summed E-state index contributed by atoms with van der Waals surface area (Å²) in [4.78, 5) is 19.0. The fourth-order valence-corrected chi connectivity index (χ4v) is 3.43. The molecule has 0 aliphatic carbocycles. The summed E-state index contributed by atoms with van der Waals surface area (Å²) in [6, 6.07) is 4.21. The average Bonchev–Trinajstić information content (AvgIpc) is 2.97. The van der Waals surface area contributed by atoms with Crippen LogP contribution in [0.4, 0.5) is 0 Å². The normalized spacial score (nSPS) is 19.5. The highest BCUT2D eigenvalue weighted by molar-refractivity contribution is 5.96. The molecule has 1 aliphatic rings. The summed E-state index contributed by atoms with van der Waals surface area (Å²) in [7, 11) is 1.41. The molecule has 22 heavy (non-hydrogen) atoms. The van der Waals surface area contributed by atoms with Crippen LogP contribution < -0.4 is 0 Å². The van der Waals surface area contributed by atoms with Crippen LogP contribution in [0, 0.1) is 0 Å². The van der Waals surface area contributed by atoms with Crippen LogP contribution in [0.15, 0.2) is 24.5 Å². The Morgan fingerprint density at radius 2 is 2.32 bits per heavy atom. The third kappa shape index (κ3) is 2.73. The summed E-state index contributed by atoms with van der Waals surface area (Å²) in [5, 5.41) is 0. The lowest BCUT2D eigenvalue weighted by molar-refractivity contribution is 0.0602. The number of carbonyl (C=O) groups excluding carboxylic acids is 1. The molecule has 5 heteroatoms. The third-order valence-electron chi connectivity index (χ3n) is 4.63. The Kier molecular flexibility index (Phi) is 4.43. The van der Waals surface area contributed by atoms with E-state index in [1.165, 1.54) is 32.9 Å². The molecule has 1 atom stereocenters. The van der Waals surface area contributed by atoms with E-state index in [-0.39, 0.29) is 5.97 Å². The van der Waals surface area contributed by atoms with Gasteiger partial charge in [-0.25, -0.2) is 9.78 Å². The van der Waals surface area contributed by atoms with Gasteiger partial charge < -0.3 is 14.0 Å². The summed E-state index contributed by atoms with van der Waals surface area (Å²) in [6.07, 6.45) is 8.48. The minimum Gasteiger partial charge on any atom is -0.465 e. The van der Waals surface area contributed by atoms with Gasteiger partial charge in [0.2, 0.25) is 0 Å². The second-order valence-corrected chi connectivity index (χ2v) is 5.83. The van der Waals surface area contributed by atoms with Gasteiger partial charge in [0, 0.05) is 18.7 Å². The molecule has 5 nitrogen and oxygen atoms in total. The SMILES string of the molecule is CCN1CCCCC1Cc1ncc2c(C(=O)OC)cccn12. The molecular formula is C17H23N3O2. The second-order valence-electron chi connectivity index (χ2n) is 5.83. The van der Waals surface area contributed by atoms with E-state index in [0.29, 0.717) is 11.6 Å². The number of fused-ring (bicyclic) bond motifs is 1.